The van der Waals surface area contributed by atoms with Crippen molar-refractivity contribution in [3.8, 4) is 11.6 Å². The van der Waals surface area contributed by atoms with E-state index in [0.717, 1.165) is 22.2 Å². The molecule has 3 rings (SSSR count). The zero-order valence-corrected chi connectivity index (χ0v) is 16.1. The number of aromatic nitrogens is 2. The SMILES string of the molecule is Cc1c(Cl)cc2nc(-c3ccc(P(=O)(O)O)o3)n(CC(C)C)c2c1C. The molecular weight excluding hydrogens is 363 g/mol. The Labute approximate surface area is 150 Å². The predicted octanol–water partition coefficient (Wildman–Crippen LogP) is 4.03. The maximum absolute atomic E-state index is 11.4. The van der Waals surface area contributed by atoms with Crippen LogP contribution in [0.1, 0.15) is 25.0 Å². The van der Waals surface area contributed by atoms with Crippen LogP contribution < -0.4 is 5.50 Å². The van der Waals surface area contributed by atoms with Crippen molar-refractivity contribution in [1.29, 1.82) is 0 Å². The summed E-state index contributed by atoms with van der Waals surface area (Å²) in [6.45, 7) is 8.84. The van der Waals surface area contributed by atoms with Gasteiger partial charge in [-0.15, -0.1) is 0 Å². The molecule has 134 valence electrons. The van der Waals surface area contributed by atoms with E-state index in [4.69, 9.17) is 16.0 Å². The number of nitrogens with zero attached hydrogens (tertiary/aromatic N) is 2. The van der Waals surface area contributed by atoms with Gasteiger partial charge in [0.1, 0.15) is 0 Å². The molecule has 0 radical (unpaired) electrons. The highest BCUT2D eigenvalue weighted by atomic mass is 35.5. The van der Waals surface area contributed by atoms with E-state index in [1.807, 2.05) is 24.5 Å². The standard InChI is InChI=1S/C17H20ClN2O4P/c1-9(2)8-20-16-11(4)10(3)12(18)7-13(16)19-17(20)14-5-6-15(24-14)25(21,22)23/h5-7,9H,8H2,1-4H3,(H2,21,22,23). The second-order valence-electron chi connectivity index (χ2n) is 6.60. The van der Waals surface area contributed by atoms with E-state index >= 15 is 0 Å². The minimum Gasteiger partial charge on any atom is -0.445 e. The number of furan rings is 1. The Kier molecular flexibility index (Phi) is 4.58. The van der Waals surface area contributed by atoms with Crippen molar-refractivity contribution in [1.82, 2.24) is 9.55 Å². The molecule has 0 bridgehead atoms. The second kappa shape index (κ2) is 6.29. The molecular formula is C17H20ClN2O4P. The van der Waals surface area contributed by atoms with Gasteiger partial charge >= 0.3 is 7.60 Å². The van der Waals surface area contributed by atoms with E-state index in [1.54, 1.807) is 0 Å². The molecule has 0 aliphatic carbocycles. The molecule has 1 aromatic carbocycles. The molecule has 2 aromatic heterocycles. The molecule has 2 N–H and O–H groups in total. The van der Waals surface area contributed by atoms with Crippen LogP contribution in [0.2, 0.25) is 5.02 Å². The maximum atomic E-state index is 11.4. The van der Waals surface area contributed by atoms with Crippen molar-refractivity contribution in [2.75, 3.05) is 0 Å². The topological polar surface area (TPSA) is 88.5 Å². The molecule has 0 aliphatic rings. The molecule has 0 aliphatic heterocycles. The largest absolute Gasteiger partial charge is 0.445 e. The van der Waals surface area contributed by atoms with Gasteiger partial charge in [-0.1, -0.05) is 25.4 Å². The minimum absolute atomic E-state index is 0.323. The summed E-state index contributed by atoms with van der Waals surface area (Å²) in [5, 5.41) is 0.640. The summed E-state index contributed by atoms with van der Waals surface area (Å²) < 4.78 is 18.8. The minimum atomic E-state index is -4.44. The average Bonchev–Trinajstić information content (AvgIpc) is 3.09. The Hall–Kier alpha value is -1.59. The molecule has 2 heterocycles. The molecule has 3 aromatic rings. The van der Waals surface area contributed by atoms with Crippen LogP contribution in [0.4, 0.5) is 0 Å². The fourth-order valence-corrected chi connectivity index (χ4v) is 3.62. The highest BCUT2D eigenvalue weighted by molar-refractivity contribution is 7.59. The highest BCUT2D eigenvalue weighted by Gasteiger charge is 2.25. The van der Waals surface area contributed by atoms with Crippen LogP contribution in [-0.2, 0) is 11.1 Å². The third-order valence-corrected chi connectivity index (χ3v) is 5.39. The van der Waals surface area contributed by atoms with Gasteiger partial charge in [0.05, 0.1) is 11.0 Å². The first-order chi connectivity index (χ1) is 11.6. The van der Waals surface area contributed by atoms with Gasteiger partial charge in [0.25, 0.3) is 0 Å². The Morgan fingerprint density at radius 3 is 2.52 bits per heavy atom. The first kappa shape index (κ1) is 18.2. The van der Waals surface area contributed by atoms with Crippen molar-refractivity contribution in [2.45, 2.75) is 34.2 Å². The fraction of sp³-hybridized carbons (Fsp3) is 0.353. The third-order valence-electron chi connectivity index (χ3n) is 4.18. The number of benzene rings is 1. The average molecular weight is 383 g/mol. The number of hydrogen-bond donors (Lipinski definition) is 2. The lowest BCUT2D eigenvalue weighted by Crippen LogP contribution is -2.07. The van der Waals surface area contributed by atoms with Gasteiger partial charge in [-0.25, -0.2) is 4.98 Å². The van der Waals surface area contributed by atoms with Crippen LogP contribution >= 0.6 is 19.2 Å². The summed E-state index contributed by atoms with van der Waals surface area (Å²) in [6.07, 6.45) is 0. The normalized spacial score (nSPS) is 12.5. The molecule has 0 saturated carbocycles. The Morgan fingerprint density at radius 2 is 1.96 bits per heavy atom. The summed E-state index contributed by atoms with van der Waals surface area (Å²) in [5.74, 6) is 1.21. The molecule has 0 spiro atoms. The summed E-state index contributed by atoms with van der Waals surface area (Å²) in [5.41, 5.74) is 3.35. The van der Waals surface area contributed by atoms with Crippen molar-refractivity contribution >= 4 is 35.7 Å². The van der Waals surface area contributed by atoms with Gasteiger partial charge in [0.2, 0.25) is 5.50 Å². The van der Waals surface area contributed by atoms with E-state index in [0.29, 0.717) is 29.1 Å². The van der Waals surface area contributed by atoms with Crippen LogP contribution in [0.5, 0.6) is 0 Å². The van der Waals surface area contributed by atoms with Gasteiger partial charge in [0.15, 0.2) is 11.6 Å². The highest BCUT2D eigenvalue weighted by Crippen LogP contribution is 2.37. The molecule has 0 amide bonds. The number of halogens is 1. The molecule has 6 nitrogen and oxygen atoms in total. The summed E-state index contributed by atoms with van der Waals surface area (Å²) in [7, 11) is -4.44. The van der Waals surface area contributed by atoms with Crippen LogP contribution in [-0.4, -0.2) is 19.3 Å². The maximum Gasteiger partial charge on any atom is 0.391 e. The summed E-state index contributed by atoms with van der Waals surface area (Å²) in [4.78, 5) is 23.2. The van der Waals surface area contributed by atoms with Gasteiger partial charge in [-0.05, 0) is 49.1 Å². The first-order valence-electron chi connectivity index (χ1n) is 7.92. The first-order valence-corrected chi connectivity index (χ1v) is 9.91. The van der Waals surface area contributed by atoms with Crippen molar-refractivity contribution in [2.24, 2.45) is 5.92 Å². The monoisotopic (exact) mass is 382 g/mol. The smallest absolute Gasteiger partial charge is 0.391 e. The van der Waals surface area contributed by atoms with Crippen LogP contribution in [0.3, 0.4) is 0 Å². The van der Waals surface area contributed by atoms with E-state index in [1.165, 1.54) is 12.1 Å². The molecule has 0 unspecified atom stereocenters. The van der Waals surface area contributed by atoms with Crippen molar-refractivity contribution < 1.29 is 18.8 Å². The second-order valence-corrected chi connectivity index (χ2v) is 8.53. The van der Waals surface area contributed by atoms with Crippen molar-refractivity contribution in [3.63, 3.8) is 0 Å². The Balaban J connectivity index is 2.29. The number of rotatable bonds is 4. The Bertz CT molecular complexity index is 1000. The Morgan fingerprint density at radius 1 is 1.28 bits per heavy atom. The summed E-state index contributed by atoms with van der Waals surface area (Å²) in [6, 6.07) is 4.64. The van der Waals surface area contributed by atoms with E-state index in [-0.39, 0.29) is 5.50 Å². The zero-order chi connectivity index (χ0) is 18.5. The molecule has 0 fully saturated rings. The van der Waals surface area contributed by atoms with Gasteiger partial charge in [-0.2, -0.15) is 0 Å². The van der Waals surface area contributed by atoms with Gasteiger partial charge < -0.3 is 18.8 Å². The molecule has 8 heteroatoms. The van der Waals surface area contributed by atoms with Gasteiger partial charge in [0, 0.05) is 11.6 Å². The van der Waals surface area contributed by atoms with E-state index in [2.05, 4.69) is 18.8 Å². The van der Waals surface area contributed by atoms with Crippen molar-refractivity contribution in [3.05, 3.63) is 34.3 Å². The third kappa shape index (κ3) is 3.27. The van der Waals surface area contributed by atoms with E-state index < -0.39 is 7.60 Å². The molecule has 0 saturated heterocycles. The lowest BCUT2D eigenvalue weighted by atomic mass is 10.1. The number of aryl methyl sites for hydroxylation is 1. The van der Waals surface area contributed by atoms with E-state index in [9.17, 15) is 14.4 Å². The number of imidazole rings is 1. The lowest BCUT2D eigenvalue weighted by molar-refractivity contribution is 0.377. The quantitative estimate of drug-likeness (QED) is 0.665. The van der Waals surface area contributed by atoms with Crippen LogP contribution in [0.15, 0.2) is 22.6 Å². The van der Waals surface area contributed by atoms with Crippen LogP contribution in [0.25, 0.3) is 22.6 Å². The molecule has 0 atom stereocenters. The summed E-state index contributed by atoms with van der Waals surface area (Å²) >= 11 is 6.29. The van der Waals surface area contributed by atoms with Crippen LogP contribution in [0, 0.1) is 19.8 Å². The molecule has 25 heavy (non-hydrogen) atoms. The number of hydrogen-bond acceptors (Lipinski definition) is 3. The number of fused-ring (bicyclic) bond motifs is 1. The fourth-order valence-electron chi connectivity index (χ4n) is 2.89. The predicted molar refractivity (Wildman–Crippen MR) is 98.4 cm³/mol. The zero-order valence-electron chi connectivity index (χ0n) is 14.4. The van der Waals surface area contributed by atoms with Gasteiger partial charge in [-0.3, -0.25) is 4.57 Å². The lowest BCUT2D eigenvalue weighted by Gasteiger charge is -2.13.